The smallest absolute Gasteiger partial charge is 0.121 e. The molecule has 15 heavy (non-hydrogen) atoms. The normalized spacial score (nSPS) is 11.1. The third-order valence-electron chi connectivity index (χ3n) is 2.67. The van der Waals surface area contributed by atoms with E-state index in [2.05, 4.69) is 18.8 Å². The Labute approximate surface area is 95.9 Å². The van der Waals surface area contributed by atoms with Gasteiger partial charge < -0.3 is 4.74 Å². The molecule has 0 heterocycles. The van der Waals surface area contributed by atoms with Crippen LogP contribution >= 0.6 is 0 Å². The lowest BCUT2D eigenvalue weighted by atomic mass is 10.1. The predicted octanol–water partition coefficient (Wildman–Crippen LogP) is 5.23. The zero-order valence-corrected chi connectivity index (χ0v) is 10.3. The summed E-state index contributed by atoms with van der Waals surface area (Å²) in [6.07, 6.45) is 17.4. The minimum Gasteiger partial charge on any atom is -0.498 e. The lowest BCUT2D eigenvalue weighted by Crippen LogP contribution is -1.80. The van der Waals surface area contributed by atoms with E-state index in [0.717, 1.165) is 6.42 Å². The minimum atomic E-state index is 1.13. The summed E-state index contributed by atoms with van der Waals surface area (Å²) in [7, 11) is 3.28. The van der Waals surface area contributed by atoms with Crippen molar-refractivity contribution >= 4 is 0 Å². The number of unbranched alkanes of at least 4 members (excludes halogenated alkanes) is 9. The van der Waals surface area contributed by atoms with E-state index in [0.29, 0.717) is 0 Å². The van der Waals surface area contributed by atoms with Crippen LogP contribution in [0.4, 0.5) is 0 Å². The van der Waals surface area contributed by atoms with Crippen LogP contribution in [-0.2, 0) is 4.74 Å². The van der Waals surface area contributed by atoms with Crippen LogP contribution in [0.3, 0.4) is 0 Å². The van der Waals surface area contributed by atoms with Gasteiger partial charge in [-0.3, -0.25) is 0 Å². The molecular weight excluding hydrogens is 184 g/mol. The summed E-state index contributed by atoms with van der Waals surface area (Å²) in [6.45, 7) is 2.27. The lowest BCUT2D eigenvalue weighted by molar-refractivity contribution is 0.391. The molecule has 0 atom stereocenters. The van der Waals surface area contributed by atoms with Crippen molar-refractivity contribution in [1.82, 2.24) is 0 Å². The van der Waals surface area contributed by atoms with Gasteiger partial charge in [0.25, 0.3) is 0 Å². The number of hydrogen-bond acceptors (Lipinski definition) is 1. The van der Waals surface area contributed by atoms with Gasteiger partial charge in [-0.1, -0.05) is 58.3 Å². The Kier molecular flexibility index (Phi) is 13.1. The van der Waals surface area contributed by atoms with Crippen molar-refractivity contribution < 1.29 is 4.74 Å². The first kappa shape index (κ1) is 14.5. The van der Waals surface area contributed by atoms with E-state index in [9.17, 15) is 0 Å². The molecule has 0 unspecified atom stereocenters. The first-order chi connectivity index (χ1) is 7.41. The van der Waals surface area contributed by atoms with Gasteiger partial charge in [0.1, 0.15) is 7.11 Å². The van der Waals surface area contributed by atoms with Gasteiger partial charge in [-0.15, -0.1) is 0 Å². The van der Waals surface area contributed by atoms with E-state index >= 15 is 0 Å². The summed E-state index contributed by atoms with van der Waals surface area (Å²) in [5.74, 6) is 0. The quantitative estimate of drug-likeness (QED) is 0.336. The molecule has 0 N–H and O–H groups in total. The summed E-state index contributed by atoms with van der Waals surface area (Å²) >= 11 is 0. The molecule has 0 aliphatic rings. The van der Waals surface area contributed by atoms with Crippen molar-refractivity contribution in [3.63, 3.8) is 0 Å². The average Bonchev–Trinajstić information content (AvgIpc) is 2.26. The molecule has 0 rings (SSSR count). The highest BCUT2D eigenvalue weighted by Crippen LogP contribution is 2.10. The molecule has 0 aromatic carbocycles. The standard InChI is InChI=1S/C14H27O/c1-3-4-5-6-7-8-9-10-11-12-13-14-15-2/h13-14H,2-12H2,1H3. The molecule has 0 saturated carbocycles. The van der Waals surface area contributed by atoms with Crippen molar-refractivity contribution in [3.05, 3.63) is 19.4 Å². The molecule has 1 nitrogen and oxygen atoms in total. The van der Waals surface area contributed by atoms with Crippen LogP contribution in [0.25, 0.3) is 0 Å². The van der Waals surface area contributed by atoms with Gasteiger partial charge in [-0.2, -0.15) is 0 Å². The Hall–Kier alpha value is -0.460. The van der Waals surface area contributed by atoms with Gasteiger partial charge in [0, 0.05) is 0 Å². The molecule has 0 saturated heterocycles. The van der Waals surface area contributed by atoms with Gasteiger partial charge >= 0.3 is 0 Å². The fraction of sp³-hybridized carbons (Fsp3) is 0.786. The van der Waals surface area contributed by atoms with E-state index < -0.39 is 0 Å². The summed E-state index contributed by atoms with van der Waals surface area (Å²) < 4.78 is 4.59. The third kappa shape index (κ3) is 13.5. The number of ether oxygens (including phenoxy) is 1. The van der Waals surface area contributed by atoms with Gasteiger partial charge in [-0.25, -0.2) is 0 Å². The number of allylic oxidation sites excluding steroid dienone is 1. The number of rotatable bonds is 11. The molecule has 0 aromatic heterocycles. The van der Waals surface area contributed by atoms with Crippen molar-refractivity contribution in [2.24, 2.45) is 0 Å². The third-order valence-corrected chi connectivity index (χ3v) is 2.67. The Morgan fingerprint density at radius 3 is 1.93 bits per heavy atom. The van der Waals surface area contributed by atoms with E-state index in [1.165, 1.54) is 57.8 Å². The zero-order chi connectivity index (χ0) is 11.2. The lowest BCUT2D eigenvalue weighted by Gasteiger charge is -2.00. The highest BCUT2D eigenvalue weighted by molar-refractivity contribution is 4.72. The Balaban J connectivity index is 2.89. The second kappa shape index (κ2) is 13.5. The average molecular weight is 211 g/mol. The van der Waals surface area contributed by atoms with E-state index in [1.54, 1.807) is 6.26 Å². The van der Waals surface area contributed by atoms with Crippen molar-refractivity contribution in [3.8, 4) is 0 Å². The Morgan fingerprint density at radius 2 is 1.40 bits per heavy atom. The number of hydrogen-bond donors (Lipinski definition) is 0. The molecule has 1 radical (unpaired) electrons. The maximum atomic E-state index is 4.59. The van der Waals surface area contributed by atoms with Crippen LogP contribution in [-0.4, -0.2) is 0 Å². The second-order valence-electron chi connectivity index (χ2n) is 4.16. The fourth-order valence-corrected chi connectivity index (χ4v) is 1.71. The SMILES string of the molecule is [CH2]OC=CCCCCCCCCCCC. The van der Waals surface area contributed by atoms with E-state index in [1.807, 2.05) is 6.08 Å². The van der Waals surface area contributed by atoms with Crippen LogP contribution in [0.15, 0.2) is 12.3 Å². The molecule has 1 heteroatoms. The molecule has 0 aliphatic heterocycles. The summed E-state index contributed by atoms with van der Waals surface area (Å²) in [4.78, 5) is 0. The monoisotopic (exact) mass is 211 g/mol. The fourth-order valence-electron chi connectivity index (χ4n) is 1.71. The largest absolute Gasteiger partial charge is 0.498 e. The molecule has 0 aliphatic carbocycles. The first-order valence-electron chi connectivity index (χ1n) is 6.47. The van der Waals surface area contributed by atoms with Gasteiger partial charge in [-0.05, 0) is 18.9 Å². The maximum Gasteiger partial charge on any atom is 0.121 e. The Morgan fingerprint density at radius 1 is 0.867 bits per heavy atom. The van der Waals surface area contributed by atoms with Gasteiger partial charge in [0.2, 0.25) is 0 Å². The molecule has 89 valence electrons. The Bertz CT molecular complexity index is 129. The zero-order valence-electron chi connectivity index (χ0n) is 10.3. The summed E-state index contributed by atoms with van der Waals surface area (Å²) in [5, 5.41) is 0. The highest BCUT2D eigenvalue weighted by Gasteiger charge is 1.90. The highest BCUT2D eigenvalue weighted by atomic mass is 16.5. The van der Waals surface area contributed by atoms with Crippen LogP contribution in [0.5, 0.6) is 0 Å². The molecule has 0 aromatic rings. The summed E-state index contributed by atoms with van der Waals surface area (Å²) in [6, 6.07) is 0. The van der Waals surface area contributed by atoms with Crippen molar-refractivity contribution in [1.29, 1.82) is 0 Å². The van der Waals surface area contributed by atoms with Crippen LogP contribution in [0.2, 0.25) is 0 Å². The molecule has 0 bridgehead atoms. The van der Waals surface area contributed by atoms with E-state index in [-0.39, 0.29) is 0 Å². The predicted molar refractivity (Wildman–Crippen MR) is 67.4 cm³/mol. The molecule has 0 fully saturated rings. The van der Waals surface area contributed by atoms with Gasteiger partial charge in [0.15, 0.2) is 0 Å². The van der Waals surface area contributed by atoms with E-state index in [4.69, 9.17) is 0 Å². The second-order valence-corrected chi connectivity index (χ2v) is 4.16. The molecular formula is C14H27O. The van der Waals surface area contributed by atoms with Crippen LogP contribution in [0, 0.1) is 7.11 Å². The summed E-state index contributed by atoms with van der Waals surface area (Å²) in [5.41, 5.74) is 0. The van der Waals surface area contributed by atoms with Crippen molar-refractivity contribution in [2.45, 2.75) is 71.1 Å². The van der Waals surface area contributed by atoms with Crippen LogP contribution in [0.1, 0.15) is 71.1 Å². The minimum absolute atomic E-state index is 1.13. The first-order valence-corrected chi connectivity index (χ1v) is 6.47. The van der Waals surface area contributed by atoms with Gasteiger partial charge in [0.05, 0.1) is 6.26 Å². The van der Waals surface area contributed by atoms with Crippen LogP contribution < -0.4 is 0 Å². The molecule has 0 amide bonds. The maximum absolute atomic E-state index is 4.59. The topological polar surface area (TPSA) is 9.23 Å². The molecule has 0 spiro atoms. The van der Waals surface area contributed by atoms with Crippen molar-refractivity contribution in [2.75, 3.05) is 0 Å².